The molecule has 0 radical (unpaired) electrons. The first-order valence-corrected chi connectivity index (χ1v) is 8.53. The molecule has 2 fully saturated rings. The molecular weight excluding hydrogens is 268 g/mol. The van der Waals surface area contributed by atoms with Gasteiger partial charge in [0.05, 0.1) is 0 Å². The number of hydrogen-bond acceptors (Lipinski definition) is 3. The second-order valence-electron chi connectivity index (χ2n) is 5.94. The summed E-state index contributed by atoms with van der Waals surface area (Å²) >= 11 is 5.33. The van der Waals surface area contributed by atoms with Gasteiger partial charge in [-0.1, -0.05) is 26.2 Å². The van der Waals surface area contributed by atoms with E-state index in [4.69, 9.17) is 12.2 Å². The van der Waals surface area contributed by atoms with Crippen molar-refractivity contribution in [2.24, 2.45) is 5.10 Å². The van der Waals surface area contributed by atoms with E-state index in [1.807, 2.05) is 0 Å². The molecule has 2 aliphatic rings. The molecule has 0 aromatic heterocycles. The molecule has 0 spiro atoms. The van der Waals surface area contributed by atoms with Gasteiger partial charge in [-0.25, -0.2) is 0 Å². The summed E-state index contributed by atoms with van der Waals surface area (Å²) < 4.78 is 0. The van der Waals surface area contributed by atoms with Crippen LogP contribution in [0.5, 0.6) is 0 Å². The summed E-state index contributed by atoms with van der Waals surface area (Å²) in [4.78, 5) is 2.51. The van der Waals surface area contributed by atoms with Crippen molar-refractivity contribution in [1.82, 2.24) is 15.6 Å². The van der Waals surface area contributed by atoms with Crippen LogP contribution in [0.15, 0.2) is 5.10 Å². The Balaban J connectivity index is 1.66. The van der Waals surface area contributed by atoms with E-state index in [1.54, 1.807) is 0 Å². The molecule has 4 nitrogen and oxygen atoms in total. The molecule has 2 N–H and O–H groups in total. The normalized spacial score (nSPS) is 21.6. The van der Waals surface area contributed by atoms with Crippen molar-refractivity contribution in [2.75, 3.05) is 19.6 Å². The molecule has 0 aromatic rings. The number of piperidine rings is 1. The lowest BCUT2D eigenvalue weighted by Crippen LogP contribution is -2.42. The lowest BCUT2D eigenvalue weighted by atomic mass is 9.96. The topological polar surface area (TPSA) is 39.7 Å². The van der Waals surface area contributed by atoms with Crippen LogP contribution in [0.25, 0.3) is 0 Å². The molecule has 20 heavy (non-hydrogen) atoms. The van der Waals surface area contributed by atoms with E-state index in [0.717, 1.165) is 25.9 Å². The molecule has 0 aromatic carbocycles. The van der Waals surface area contributed by atoms with Crippen molar-refractivity contribution in [1.29, 1.82) is 0 Å². The minimum atomic E-state index is 0.551. The highest BCUT2D eigenvalue weighted by molar-refractivity contribution is 7.80. The van der Waals surface area contributed by atoms with E-state index in [0.29, 0.717) is 11.2 Å². The number of hydrazone groups is 1. The molecule has 2 rings (SSSR count). The zero-order chi connectivity index (χ0) is 14.2. The molecule has 1 heterocycles. The Bertz CT molecular complexity index is 327. The number of rotatable bonds is 4. The summed E-state index contributed by atoms with van der Waals surface area (Å²) in [6.07, 6.45) is 9.87. The number of hydrogen-bond donors (Lipinski definition) is 2. The predicted molar refractivity (Wildman–Crippen MR) is 89.1 cm³/mol. The van der Waals surface area contributed by atoms with Crippen molar-refractivity contribution in [3.8, 4) is 0 Å². The average molecular weight is 296 g/mol. The number of thiocarbonyl (C=S) groups is 1. The van der Waals surface area contributed by atoms with E-state index in [-0.39, 0.29) is 0 Å². The van der Waals surface area contributed by atoms with Crippen LogP contribution in [0.2, 0.25) is 0 Å². The molecule has 1 aliphatic heterocycles. The second-order valence-corrected chi connectivity index (χ2v) is 6.35. The number of nitrogens with one attached hydrogen (secondary N) is 2. The molecule has 5 heteroatoms. The SMILES string of the molecule is CCCN1CCC(=NNC(=S)NC2CCCCC2)CC1. The highest BCUT2D eigenvalue weighted by Gasteiger charge is 2.15. The maximum atomic E-state index is 5.33. The van der Waals surface area contributed by atoms with Crippen LogP contribution in [0.1, 0.15) is 58.3 Å². The van der Waals surface area contributed by atoms with Crippen molar-refractivity contribution in [3.05, 3.63) is 0 Å². The molecule has 114 valence electrons. The lowest BCUT2D eigenvalue weighted by Gasteiger charge is -2.27. The molecule has 0 unspecified atom stereocenters. The Morgan fingerprint density at radius 2 is 1.95 bits per heavy atom. The van der Waals surface area contributed by atoms with Gasteiger partial charge in [-0.15, -0.1) is 0 Å². The van der Waals surface area contributed by atoms with Gasteiger partial charge in [0, 0.05) is 37.7 Å². The van der Waals surface area contributed by atoms with Gasteiger partial charge >= 0.3 is 0 Å². The Morgan fingerprint density at radius 3 is 2.60 bits per heavy atom. The van der Waals surface area contributed by atoms with Gasteiger partial charge in [-0.05, 0) is 38.0 Å². The fourth-order valence-electron chi connectivity index (χ4n) is 3.06. The van der Waals surface area contributed by atoms with E-state index >= 15 is 0 Å². The molecule has 0 amide bonds. The van der Waals surface area contributed by atoms with Gasteiger partial charge in [0.15, 0.2) is 5.11 Å². The summed E-state index contributed by atoms with van der Waals surface area (Å²) in [7, 11) is 0. The van der Waals surface area contributed by atoms with Crippen LogP contribution < -0.4 is 10.7 Å². The maximum Gasteiger partial charge on any atom is 0.187 e. The highest BCUT2D eigenvalue weighted by Crippen LogP contribution is 2.17. The minimum absolute atomic E-state index is 0.551. The molecule has 0 bridgehead atoms. The van der Waals surface area contributed by atoms with Crippen LogP contribution in [-0.4, -0.2) is 41.4 Å². The van der Waals surface area contributed by atoms with Crippen LogP contribution in [0.3, 0.4) is 0 Å². The van der Waals surface area contributed by atoms with Gasteiger partial charge < -0.3 is 10.2 Å². The molecule has 1 saturated heterocycles. The lowest BCUT2D eigenvalue weighted by molar-refractivity contribution is 0.275. The van der Waals surface area contributed by atoms with E-state index in [9.17, 15) is 0 Å². The van der Waals surface area contributed by atoms with Gasteiger partial charge in [0.25, 0.3) is 0 Å². The molecule has 1 saturated carbocycles. The minimum Gasteiger partial charge on any atom is -0.359 e. The van der Waals surface area contributed by atoms with Crippen LogP contribution >= 0.6 is 12.2 Å². The fourth-order valence-corrected chi connectivity index (χ4v) is 3.27. The van der Waals surface area contributed by atoms with E-state index < -0.39 is 0 Å². The van der Waals surface area contributed by atoms with Crippen LogP contribution in [0.4, 0.5) is 0 Å². The van der Waals surface area contributed by atoms with Crippen molar-refractivity contribution in [2.45, 2.75) is 64.3 Å². The van der Waals surface area contributed by atoms with E-state index in [1.165, 1.54) is 50.8 Å². The van der Waals surface area contributed by atoms with Gasteiger partial charge in [-0.2, -0.15) is 5.10 Å². The maximum absolute atomic E-state index is 5.33. The Kier molecular flexibility index (Phi) is 6.73. The number of nitrogens with zero attached hydrogens (tertiary/aromatic N) is 2. The van der Waals surface area contributed by atoms with Gasteiger partial charge in [-0.3, -0.25) is 5.43 Å². The highest BCUT2D eigenvalue weighted by atomic mass is 32.1. The quantitative estimate of drug-likeness (QED) is 0.618. The van der Waals surface area contributed by atoms with E-state index in [2.05, 4.69) is 27.7 Å². The summed E-state index contributed by atoms with van der Waals surface area (Å²) in [5.41, 5.74) is 4.29. The largest absolute Gasteiger partial charge is 0.359 e. The smallest absolute Gasteiger partial charge is 0.187 e. The predicted octanol–water partition coefficient (Wildman–Crippen LogP) is 2.65. The third kappa shape index (κ3) is 5.37. The Labute approximate surface area is 128 Å². The zero-order valence-electron chi connectivity index (χ0n) is 12.7. The number of likely N-dealkylation sites (tertiary alicyclic amines) is 1. The first kappa shape index (κ1) is 15.7. The van der Waals surface area contributed by atoms with Crippen molar-refractivity contribution < 1.29 is 0 Å². The second kappa shape index (κ2) is 8.57. The fraction of sp³-hybridized carbons (Fsp3) is 0.867. The first-order chi connectivity index (χ1) is 9.78. The summed E-state index contributed by atoms with van der Waals surface area (Å²) in [5.74, 6) is 0. The Hall–Kier alpha value is -0.680. The van der Waals surface area contributed by atoms with Crippen LogP contribution in [0, 0.1) is 0 Å². The van der Waals surface area contributed by atoms with Crippen molar-refractivity contribution >= 4 is 23.0 Å². The molecule has 1 aliphatic carbocycles. The zero-order valence-corrected chi connectivity index (χ0v) is 13.5. The van der Waals surface area contributed by atoms with Crippen molar-refractivity contribution in [3.63, 3.8) is 0 Å². The monoisotopic (exact) mass is 296 g/mol. The summed E-state index contributed by atoms with van der Waals surface area (Å²) in [6, 6.07) is 0.551. The molecule has 0 atom stereocenters. The first-order valence-electron chi connectivity index (χ1n) is 8.12. The van der Waals surface area contributed by atoms with Crippen LogP contribution in [-0.2, 0) is 0 Å². The molecular formula is C15H28N4S. The third-order valence-corrected chi connectivity index (χ3v) is 4.44. The Morgan fingerprint density at radius 1 is 1.25 bits per heavy atom. The van der Waals surface area contributed by atoms with Gasteiger partial charge in [0.2, 0.25) is 0 Å². The standard InChI is InChI=1S/C15H28N4S/c1-2-10-19-11-8-14(9-12-19)17-18-15(20)16-13-6-4-3-5-7-13/h13H,2-12H2,1H3,(H2,16,18,20). The summed E-state index contributed by atoms with van der Waals surface area (Å²) in [5, 5.41) is 8.56. The average Bonchev–Trinajstić information content (AvgIpc) is 2.48. The summed E-state index contributed by atoms with van der Waals surface area (Å²) in [6.45, 7) is 5.72. The third-order valence-electron chi connectivity index (χ3n) is 4.23. The van der Waals surface area contributed by atoms with Gasteiger partial charge in [0.1, 0.15) is 0 Å².